The number of rotatable bonds is 6. The molecule has 2 aromatic rings. The van der Waals surface area contributed by atoms with Gasteiger partial charge < -0.3 is 14.6 Å². The van der Waals surface area contributed by atoms with Crippen molar-refractivity contribution >= 4 is 5.97 Å². The van der Waals surface area contributed by atoms with Gasteiger partial charge in [0.2, 0.25) is 0 Å². The fourth-order valence-electron chi connectivity index (χ4n) is 1.59. The van der Waals surface area contributed by atoms with Gasteiger partial charge in [-0.15, -0.1) is 0 Å². The summed E-state index contributed by atoms with van der Waals surface area (Å²) in [6.45, 7) is 8.23. The van der Waals surface area contributed by atoms with Gasteiger partial charge in [-0.1, -0.05) is 70.5 Å². The zero-order valence-corrected chi connectivity index (χ0v) is 15.6. The Labute approximate surface area is 151 Å². The lowest BCUT2D eigenvalue weighted by Crippen LogP contribution is -2.25. The van der Waals surface area contributed by atoms with Crippen LogP contribution in [0.3, 0.4) is 0 Å². The van der Waals surface area contributed by atoms with E-state index in [0.29, 0.717) is 11.3 Å². The van der Waals surface area contributed by atoms with Gasteiger partial charge in [0, 0.05) is 0 Å². The molecule has 0 bridgehead atoms. The summed E-state index contributed by atoms with van der Waals surface area (Å²) in [6, 6.07) is 17.8. The first-order chi connectivity index (χ1) is 12.2. The number of carbonyl (C=O) groups excluding carboxylic acids is 1. The van der Waals surface area contributed by atoms with E-state index in [-0.39, 0.29) is 13.2 Å². The Hall–Kier alpha value is -2.33. The molecule has 1 N–H and O–H groups in total. The smallest absolute Gasteiger partial charge is 0.338 e. The average molecular weight is 346 g/mol. The van der Waals surface area contributed by atoms with E-state index in [1.54, 1.807) is 36.4 Å². The Morgan fingerprint density at radius 2 is 1.40 bits per heavy atom. The van der Waals surface area contributed by atoms with Crippen molar-refractivity contribution in [2.24, 2.45) is 0 Å². The van der Waals surface area contributed by atoms with Gasteiger partial charge in [0.1, 0.15) is 25.1 Å². The van der Waals surface area contributed by atoms with Crippen LogP contribution in [0, 0.1) is 0 Å². The summed E-state index contributed by atoms with van der Waals surface area (Å²) in [5.74, 6) is 0.213. The molecule has 2 rings (SSSR count). The van der Waals surface area contributed by atoms with Crippen LogP contribution in [-0.2, 0) is 4.74 Å². The highest BCUT2D eigenvalue weighted by Crippen LogP contribution is 2.09. The quantitative estimate of drug-likeness (QED) is 0.769. The number of benzene rings is 2. The standard InChI is InChI=1S/C16H16O4.C3H8.C2H6/c17-14(11-19-15-9-5-2-6-10-15)12-20-16(18)13-7-3-1-4-8-13;1-3-2;1-2/h1-10,14,17H,11-12H2;3H2,1-2H3;1-2H3. The minimum atomic E-state index is -0.858. The average Bonchev–Trinajstić information content (AvgIpc) is 2.68. The fraction of sp³-hybridized carbons (Fsp3) is 0.381. The summed E-state index contributed by atoms with van der Waals surface area (Å²) < 4.78 is 10.4. The summed E-state index contributed by atoms with van der Waals surface area (Å²) >= 11 is 0. The van der Waals surface area contributed by atoms with Crippen molar-refractivity contribution in [1.82, 2.24) is 0 Å². The lowest BCUT2D eigenvalue weighted by molar-refractivity contribution is 0.0130. The highest BCUT2D eigenvalue weighted by molar-refractivity contribution is 5.89. The van der Waals surface area contributed by atoms with Crippen molar-refractivity contribution < 1.29 is 19.4 Å². The van der Waals surface area contributed by atoms with Crippen LogP contribution in [0.5, 0.6) is 5.75 Å². The highest BCUT2D eigenvalue weighted by Gasteiger charge is 2.11. The van der Waals surface area contributed by atoms with Crippen LogP contribution in [-0.4, -0.2) is 30.4 Å². The van der Waals surface area contributed by atoms with Gasteiger partial charge in [-0.3, -0.25) is 0 Å². The first-order valence-corrected chi connectivity index (χ1v) is 8.75. The molecule has 0 fully saturated rings. The van der Waals surface area contributed by atoms with E-state index in [1.165, 1.54) is 6.42 Å². The number of aliphatic hydroxyl groups is 1. The van der Waals surface area contributed by atoms with Gasteiger partial charge in [-0.2, -0.15) is 0 Å². The van der Waals surface area contributed by atoms with Gasteiger partial charge in [0.15, 0.2) is 0 Å². The second-order valence-electron chi connectivity index (χ2n) is 4.95. The molecule has 138 valence electrons. The second-order valence-corrected chi connectivity index (χ2v) is 4.95. The van der Waals surface area contributed by atoms with Crippen molar-refractivity contribution in [3.8, 4) is 5.75 Å². The maximum Gasteiger partial charge on any atom is 0.338 e. The Morgan fingerprint density at radius 3 is 1.92 bits per heavy atom. The van der Waals surface area contributed by atoms with Gasteiger partial charge >= 0.3 is 5.97 Å². The Morgan fingerprint density at radius 1 is 0.920 bits per heavy atom. The van der Waals surface area contributed by atoms with E-state index in [0.717, 1.165) is 0 Å². The maximum absolute atomic E-state index is 11.6. The molecule has 0 aliphatic rings. The van der Waals surface area contributed by atoms with Crippen LogP contribution >= 0.6 is 0 Å². The number of esters is 1. The number of carbonyl (C=O) groups is 1. The minimum Gasteiger partial charge on any atom is -0.491 e. The number of aliphatic hydroxyl groups excluding tert-OH is 1. The predicted octanol–water partition coefficient (Wildman–Crippen LogP) is 4.73. The van der Waals surface area contributed by atoms with E-state index in [1.807, 2.05) is 38.1 Å². The molecule has 1 unspecified atom stereocenters. The Kier molecular flexibility index (Phi) is 13.8. The number of hydrogen-bond acceptors (Lipinski definition) is 4. The number of para-hydroxylation sites is 1. The van der Waals surface area contributed by atoms with E-state index < -0.39 is 12.1 Å². The lowest BCUT2D eigenvalue weighted by atomic mass is 10.2. The Balaban J connectivity index is 0.00000104. The summed E-state index contributed by atoms with van der Waals surface area (Å²) in [4.78, 5) is 11.6. The molecule has 0 aliphatic carbocycles. The molecule has 4 nitrogen and oxygen atoms in total. The van der Waals surface area contributed by atoms with Crippen LogP contribution in [0.2, 0.25) is 0 Å². The van der Waals surface area contributed by atoms with Crippen LogP contribution in [0.15, 0.2) is 60.7 Å². The van der Waals surface area contributed by atoms with Crippen molar-refractivity contribution in [1.29, 1.82) is 0 Å². The van der Waals surface area contributed by atoms with Crippen LogP contribution in [0.1, 0.15) is 44.5 Å². The van der Waals surface area contributed by atoms with Crippen molar-refractivity contribution in [2.75, 3.05) is 13.2 Å². The van der Waals surface area contributed by atoms with Crippen molar-refractivity contribution in [3.05, 3.63) is 66.2 Å². The number of ether oxygens (including phenoxy) is 2. The lowest BCUT2D eigenvalue weighted by Gasteiger charge is -2.12. The van der Waals surface area contributed by atoms with Gasteiger partial charge in [-0.25, -0.2) is 4.79 Å². The molecule has 0 spiro atoms. The molecular weight excluding hydrogens is 316 g/mol. The van der Waals surface area contributed by atoms with Crippen molar-refractivity contribution in [3.63, 3.8) is 0 Å². The molecule has 0 saturated carbocycles. The third-order valence-corrected chi connectivity index (χ3v) is 2.60. The molecular formula is C21H30O4. The highest BCUT2D eigenvalue weighted by atomic mass is 16.5. The molecule has 1 atom stereocenters. The molecule has 25 heavy (non-hydrogen) atoms. The maximum atomic E-state index is 11.6. The molecule has 0 aromatic heterocycles. The normalized spacial score (nSPS) is 10.3. The molecule has 2 aromatic carbocycles. The van der Waals surface area contributed by atoms with E-state index in [4.69, 9.17) is 9.47 Å². The SMILES string of the molecule is CC.CCC.O=C(OCC(O)COc1ccccc1)c1ccccc1. The monoisotopic (exact) mass is 346 g/mol. The summed E-state index contributed by atoms with van der Waals surface area (Å²) in [6.07, 6.45) is 0.392. The Bertz CT molecular complexity index is 540. The van der Waals surface area contributed by atoms with Gasteiger partial charge in [0.05, 0.1) is 5.56 Å². The largest absolute Gasteiger partial charge is 0.491 e. The summed E-state index contributed by atoms with van der Waals surface area (Å²) in [7, 11) is 0. The van der Waals surface area contributed by atoms with Crippen LogP contribution in [0.25, 0.3) is 0 Å². The topological polar surface area (TPSA) is 55.8 Å². The first-order valence-electron chi connectivity index (χ1n) is 8.75. The molecule has 0 heterocycles. The van der Waals surface area contributed by atoms with E-state index in [2.05, 4.69) is 13.8 Å². The van der Waals surface area contributed by atoms with Gasteiger partial charge in [0.25, 0.3) is 0 Å². The molecule has 0 aliphatic heterocycles. The first kappa shape index (κ1) is 22.7. The third-order valence-electron chi connectivity index (χ3n) is 2.60. The molecule has 0 saturated heterocycles. The van der Waals surface area contributed by atoms with Gasteiger partial charge in [-0.05, 0) is 24.3 Å². The fourth-order valence-corrected chi connectivity index (χ4v) is 1.59. The predicted molar refractivity (Wildman–Crippen MR) is 102 cm³/mol. The molecule has 4 heteroatoms. The zero-order valence-electron chi connectivity index (χ0n) is 15.6. The van der Waals surface area contributed by atoms with Crippen molar-refractivity contribution in [2.45, 2.75) is 40.2 Å². The second kappa shape index (κ2) is 15.2. The van der Waals surface area contributed by atoms with E-state index >= 15 is 0 Å². The molecule has 0 amide bonds. The minimum absolute atomic E-state index is 0.0755. The summed E-state index contributed by atoms with van der Waals surface area (Å²) in [5, 5.41) is 9.70. The van der Waals surface area contributed by atoms with Crippen LogP contribution < -0.4 is 4.74 Å². The van der Waals surface area contributed by atoms with Crippen LogP contribution in [0.4, 0.5) is 0 Å². The zero-order chi connectivity index (χ0) is 18.9. The molecule has 0 radical (unpaired) electrons. The van der Waals surface area contributed by atoms with E-state index in [9.17, 15) is 9.90 Å². The summed E-state index contributed by atoms with van der Waals surface area (Å²) in [5.41, 5.74) is 0.462. The third kappa shape index (κ3) is 11.0. The number of hydrogen-bond donors (Lipinski definition) is 1.